The molecule has 0 radical (unpaired) electrons. The third-order valence-electron chi connectivity index (χ3n) is 3.99. The lowest BCUT2D eigenvalue weighted by Gasteiger charge is -2.16. The normalized spacial score (nSPS) is 10.4. The molecule has 142 valence electrons. The fourth-order valence-electron chi connectivity index (χ4n) is 2.46. The molecule has 0 amide bonds. The molecule has 0 heterocycles. The van der Waals surface area contributed by atoms with Crippen LogP contribution in [0, 0.1) is 0 Å². The summed E-state index contributed by atoms with van der Waals surface area (Å²) in [6.45, 7) is 5.77. The lowest BCUT2D eigenvalue weighted by Crippen LogP contribution is -2.26. The van der Waals surface area contributed by atoms with Crippen LogP contribution in [0.4, 0.5) is 0 Å². The molecule has 0 saturated heterocycles. The Morgan fingerprint density at radius 3 is 2.30 bits per heavy atom. The molecule has 0 unspecified atom stereocenters. The number of ketones is 1. The first-order valence-electron chi connectivity index (χ1n) is 8.90. The van der Waals surface area contributed by atoms with E-state index >= 15 is 0 Å². The van der Waals surface area contributed by atoms with Crippen molar-refractivity contribution >= 4 is 11.8 Å². The molecule has 0 spiro atoms. The molecule has 5 heteroatoms. The van der Waals surface area contributed by atoms with Crippen molar-refractivity contribution in [3.05, 3.63) is 78.4 Å². The van der Waals surface area contributed by atoms with Crippen molar-refractivity contribution in [2.75, 3.05) is 33.4 Å². The van der Waals surface area contributed by atoms with E-state index < -0.39 is 5.97 Å². The van der Waals surface area contributed by atoms with Gasteiger partial charge in [0.15, 0.2) is 5.78 Å². The molecule has 0 aliphatic heterocycles. The Morgan fingerprint density at radius 2 is 1.63 bits per heavy atom. The Morgan fingerprint density at radius 1 is 0.963 bits per heavy atom. The number of esters is 1. The minimum absolute atomic E-state index is 0.000861. The lowest BCUT2D eigenvalue weighted by atomic mass is 10.0. The Kier molecular flexibility index (Phi) is 8.26. The van der Waals surface area contributed by atoms with Gasteiger partial charge in [0.25, 0.3) is 0 Å². The third-order valence-corrected chi connectivity index (χ3v) is 3.99. The SMILES string of the molecule is C=CC(=O)OCCN(C)CCCOc1ccc(C(=O)c2ccccc2)cc1. The first-order chi connectivity index (χ1) is 13.1. The maximum Gasteiger partial charge on any atom is 0.330 e. The predicted octanol–water partition coefficient (Wildman–Crippen LogP) is 3.35. The summed E-state index contributed by atoms with van der Waals surface area (Å²) >= 11 is 0. The van der Waals surface area contributed by atoms with Crippen molar-refractivity contribution in [3.63, 3.8) is 0 Å². The van der Waals surface area contributed by atoms with Crippen LogP contribution in [-0.4, -0.2) is 50.0 Å². The zero-order valence-electron chi connectivity index (χ0n) is 15.6. The van der Waals surface area contributed by atoms with Gasteiger partial charge in [-0.3, -0.25) is 4.79 Å². The second kappa shape index (κ2) is 10.9. The fraction of sp³-hybridized carbons (Fsp3) is 0.273. The predicted molar refractivity (Wildman–Crippen MR) is 105 cm³/mol. The molecule has 5 nitrogen and oxygen atoms in total. The average Bonchev–Trinajstić information content (AvgIpc) is 2.71. The number of carbonyl (C=O) groups is 2. The molecule has 2 aromatic carbocycles. The largest absolute Gasteiger partial charge is 0.494 e. The van der Waals surface area contributed by atoms with Crippen molar-refractivity contribution in [2.24, 2.45) is 0 Å². The molecule has 2 aromatic rings. The molecule has 0 fully saturated rings. The van der Waals surface area contributed by atoms with Crippen LogP contribution in [0.3, 0.4) is 0 Å². The van der Waals surface area contributed by atoms with Gasteiger partial charge < -0.3 is 14.4 Å². The molecule has 2 rings (SSSR count). The minimum atomic E-state index is -0.402. The number of hydrogen-bond acceptors (Lipinski definition) is 5. The topological polar surface area (TPSA) is 55.8 Å². The van der Waals surface area contributed by atoms with Gasteiger partial charge in [-0.25, -0.2) is 4.79 Å². The number of ether oxygens (including phenoxy) is 2. The van der Waals surface area contributed by atoms with E-state index in [-0.39, 0.29) is 5.78 Å². The molecule has 0 atom stereocenters. The number of likely N-dealkylation sites (N-methyl/N-ethyl adjacent to an activating group) is 1. The van der Waals surface area contributed by atoms with Crippen LogP contribution in [0.5, 0.6) is 5.75 Å². The molecular formula is C22H25NO4. The van der Waals surface area contributed by atoms with Gasteiger partial charge in [-0.2, -0.15) is 0 Å². The van der Waals surface area contributed by atoms with Gasteiger partial charge in [0.05, 0.1) is 6.61 Å². The van der Waals surface area contributed by atoms with E-state index in [0.29, 0.717) is 30.9 Å². The molecule has 0 bridgehead atoms. The van der Waals surface area contributed by atoms with E-state index in [1.165, 1.54) is 0 Å². The Balaban J connectivity index is 1.69. The summed E-state index contributed by atoms with van der Waals surface area (Å²) in [5.41, 5.74) is 1.32. The summed E-state index contributed by atoms with van der Waals surface area (Å²) in [6, 6.07) is 16.4. The van der Waals surface area contributed by atoms with Gasteiger partial charge in [0.2, 0.25) is 0 Å². The third kappa shape index (κ3) is 7.07. The number of carbonyl (C=O) groups excluding carboxylic acids is 2. The van der Waals surface area contributed by atoms with Crippen LogP contribution in [0.25, 0.3) is 0 Å². The first-order valence-corrected chi connectivity index (χ1v) is 8.90. The summed E-state index contributed by atoms with van der Waals surface area (Å²) in [5, 5.41) is 0. The smallest absolute Gasteiger partial charge is 0.330 e. The van der Waals surface area contributed by atoms with Gasteiger partial charge in [-0.05, 0) is 37.7 Å². The highest BCUT2D eigenvalue weighted by Gasteiger charge is 2.08. The van der Waals surface area contributed by atoms with E-state index in [1.807, 2.05) is 49.5 Å². The van der Waals surface area contributed by atoms with E-state index in [1.54, 1.807) is 12.1 Å². The zero-order chi connectivity index (χ0) is 19.5. The molecule has 0 saturated carbocycles. The lowest BCUT2D eigenvalue weighted by molar-refractivity contribution is -0.138. The Hall–Kier alpha value is -2.92. The van der Waals surface area contributed by atoms with Crippen LogP contribution in [-0.2, 0) is 9.53 Å². The molecule has 0 N–H and O–H groups in total. The van der Waals surface area contributed by atoms with Gasteiger partial charge in [-0.1, -0.05) is 36.9 Å². The second-order valence-electron chi connectivity index (χ2n) is 6.10. The average molecular weight is 367 g/mol. The van der Waals surface area contributed by atoms with Crippen molar-refractivity contribution in [2.45, 2.75) is 6.42 Å². The number of rotatable bonds is 11. The summed E-state index contributed by atoms with van der Waals surface area (Å²) in [7, 11) is 1.96. The minimum Gasteiger partial charge on any atom is -0.494 e. The van der Waals surface area contributed by atoms with Gasteiger partial charge in [0.1, 0.15) is 12.4 Å². The molecule has 0 aromatic heterocycles. The maximum absolute atomic E-state index is 12.4. The van der Waals surface area contributed by atoms with E-state index in [2.05, 4.69) is 11.5 Å². The van der Waals surface area contributed by atoms with Crippen LogP contribution in [0.2, 0.25) is 0 Å². The molecular weight excluding hydrogens is 342 g/mol. The van der Waals surface area contributed by atoms with Crippen LogP contribution < -0.4 is 4.74 Å². The number of nitrogens with zero attached hydrogens (tertiary/aromatic N) is 1. The quantitative estimate of drug-likeness (QED) is 0.264. The number of hydrogen-bond donors (Lipinski definition) is 0. The van der Waals surface area contributed by atoms with E-state index in [4.69, 9.17) is 9.47 Å². The van der Waals surface area contributed by atoms with Crippen LogP contribution >= 0.6 is 0 Å². The van der Waals surface area contributed by atoms with Crippen molar-refractivity contribution in [1.29, 1.82) is 0 Å². The zero-order valence-corrected chi connectivity index (χ0v) is 15.6. The van der Waals surface area contributed by atoms with Crippen LogP contribution in [0.15, 0.2) is 67.3 Å². The van der Waals surface area contributed by atoms with E-state index in [9.17, 15) is 9.59 Å². The fourth-order valence-corrected chi connectivity index (χ4v) is 2.46. The van der Waals surface area contributed by atoms with Crippen LogP contribution in [0.1, 0.15) is 22.3 Å². The first kappa shape index (κ1) is 20.4. The molecule has 27 heavy (non-hydrogen) atoms. The summed E-state index contributed by atoms with van der Waals surface area (Å²) in [4.78, 5) is 25.4. The van der Waals surface area contributed by atoms with Gasteiger partial charge in [0, 0.05) is 30.3 Å². The molecule has 0 aliphatic rings. The standard InChI is InChI=1S/C22H25NO4/c1-3-21(24)27-17-15-23(2)14-7-16-26-20-12-10-19(11-13-20)22(25)18-8-5-4-6-9-18/h3-6,8-13H,1,7,14-17H2,2H3. The molecule has 0 aliphatic carbocycles. The van der Waals surface area contributed by atoms with Crippen molar-refractivity contribution in [1.82, 2.24) is 4.90 Å². The van der Waals surface area contributed by atoms with Gasteiger partial charge >= 0.3 is 5.97 Å². The van der Waals surface area contributed by atoms with Crippen molar-refractivity contribution < 1.29 is 19.1 Å². The Bertz CT molecular complexity index is 741. The highest BCUT2D eigenvalue weighted by molar-refractivity contribution is 6.08. The van der Waals surface area contributed by atoms with Gasteiger partial charge in [-0.15, -0.1) is 0 Å². The summed E-state index contributed by atoms with van der Waals surface area (Å²) in [6.07, 6.45) is 2.00. The highest BCUT2D eigenvalue weighted by atomic mass is 16.5. The second-order valence-corrected chi connectivity index (χ2v) is 6.10. The maximum atomic E-state index is 12.4. The summed E-state index contributed by atoms with van der Waals surface area (Å²) < 4.78 is 10.7. The summed E-state index contributed by atoms with van der Waals surface area (Å²) in [5.74, 6) is 0.337. The number of benzene rings is 2. The Labute approximate surface area is 160 Å². The van der Waals surface area contributed by atoms with Crippen molar-refractivity contribution in [3.8, 4) is 5.75 Å². The van der Waals surface area contributed by atoms with E-state index in [0.717, 1.165) is 24.8 Å². The highest BCUT2D eigenvalue weighted by Crippen LogP contribution is 2.15. The monoisotopic (exact) mass is 367 g/mol.